The predicted octanol–water partition coefficient (Wildman–Crippen LogP) is 0.821. The maximum Gasteiger partial charge on any atom is 0.325 e. The van der Waals surface area contributed by atoms with E-state index in [1.165, 1.54) is 5.56 Å². The third-order valence-electron chi connectivity index (χ3n) is 3.62. The average Bonchev–Trinajstić information content (AvgIpc) is 2.75. The van der Waals surface area contributed by atoms with Gasteiger partial charge in [-0.3, -0.25) is 9.69 Å². The number of nitrogens with zero attached hydrogens (tertiary/aromatic N) is 1. The van der Waals surface area contributed by atoms with Crippen molar-refractivity contribution in [2.24, 2.45) is 5.73 Å². The topological polar surface area (TPSA) is 75.8 Å². The monoisotopic (exact) mass is 264 g/mol. The smallest absolute Gasteiger partial charge is 0.325 e. The first-order valence-corrected chi connectivity index (χ1v) is 6.35. The molecule has 0 radical (unpaired) electrons. The lowest BCUT2D eigenvalue weighted by atomic mass is 10.0. The normalized spacial score (nSPS) is 23.7. The van der Waals surface area contributed by atoms with E-state index in [-0.39, 0.29) is 0 Å². The van der Waals surface area contributed by atoms with E-state index >= 15 is 0 Å². The second-order valence-electron chi connectivity index (χ2n) is 5.12. The van der Waals surface area contributed by atoms with Crippen LogP contribution in [0.25, 0.3) is 0 Å². The largest absolute Gasteiger partial charge is 0.480 e. The van der Waals surface area contributed by atoms with Crippen LogP contribution in [0.15, 0.2) is 24.3 Å². The van der Waals surface area contributed by atoms with E-state index in [0.29, 0.717) is 32.7 Å². The molecule has 1 atom stereocenters. The summed E-state index contributed by atoms with van der Waals surface area (Å²) in [6.07, 6.45) is 0.495. The highest BCUT2D eigenvalue weighted by atomic mass is 16.5. The second-order valence-corrected chi connectivity index (χ2v) is 5.12. The van der Waals surface area contributed by atoms with E-state index in [0.717, 1.165) is 5.56 Å². The summed E-state index contributed by atoms with van der Waals surface area (Å²) in [5.74, 6) is -0.917. The van der Waals surface area contributed by atoms with Crippen molar-refractivity contribution >= 4 is 5.97 Å². The first-order valence-electron chi connectivity index (χ1n) is 6.35. The summed E-state index contributed by atoms with van der Waals surface area (Å²) >= 11 is 0. The average molecular weight is 264 g/mol. The molecule has 0 aliphatic carbocycles. The molecule has 1 unspecified atom stereocenters. The lowest BCUT2D eigenvalue weighted by Gasteiger charge is -2.21. The molecule has 104 valence electrons. The number of likely N-dealkylation sites (tertiary alicyclic amines) is 1. The van der Waals surface area contributed by atoms with Gasteiger partial charge in [0.05, 0.1) is 6.61 Å². The third kappa shape index (κ3) is 3.12. The molecular formula is C14H20N2O3. The van der Waals surface area contributed by atoms with E-state index in [9.17, 15) is 4.79 Å². The number of hydrogen-bond donors (Lipinski definition) is 2. The molecule has 19 heavy (non-hydrogen) atoms. The van der Waals surface area contributed by atoms with Gasteiger partial charge in [0.25, 0.3) is 0 Å². The standard InChI is InChI=1S/C14H20N2O3/c1-19-9-12-5-3-2-4-11(12)8-16-7-6-14(15,10-16)13(17)18/h2-5H,6-10,15H2,1H3,(H,17,18). The predicted molar refractivity (Wildman–Crippen MR) is 71.6 cm³/mol. The van der Waals surface area contributed by atoms with Crippen LogP contribution in [-0.2, 0) is 22.7 Å². The zero-order valence-corrected chi connectivity index (χ0v) is 11.1. The summed E-state index contributed by atoms with van der Waals surface area (Å²) in [6.45, 7) is 2.39. The van der Waals surface area contributed by atoms with Crippen LogP contribution >= 0.6 is 0 Å². The molecule has 0 bridgehead atoms. The minimum Gasteiger partial charge on any atom is -0.480 e. The fourth-order valence-corrected chi connectivity index (χ4v) is 2.47. The van der Waals surface area contributed by atoms with Gasteiger partial charge in [-0.2, -0.15) is 0 Å². The number of carboxylic acids is 1. The molecule has 1 aliphatic rings. The second kappa shape index (κ2) is 5.69. The van der Waals surface area contributed by atoms with Crippen molar-refractivity contribution in [3.63, 3.8) is 0 Å². The number of ether oxygens (including phenoxy) is 1. The van der Waals surface area contributed by atoms with Crippen LogP contribution in [0.5, 0.6) is 0 Å². The van der Waals surface area contributed by atoms with Gasteiger partial charge >= 0.3 is 5.97 Å². The molecule has 2 rings (SSSR count). The van der Waals surface area contributed by atoms with Gasteiger partial charge in [0.15, 0.2) is 0 Å². The number of carboxylic acid groups (broad SMARTS) is 1. The van der Waals surface area contributed by atoms with Crippen molar-refractivity contribution in [1.29, 1.82) is 0 Å². The molecule has 5 heteroatoms. The first kappa shape index (κ1) is 14.0. The number of methoxy groups -OCH3 is 1. The summed E-state index contributed by atoms with van der Waals surface area (Å²) < 4.78 is 5.17. The Bertz CT molecular complexity index is 464. The van der Waals surface area contributed by atoms with Gasteiger partial charge in [0.2, 0.25) is 0 Å². The van der Waals surface area contributed by atoms with Crippen LogP contribution in [0, 0.1) is 0 Å². The molecule has 0 aromatic heterocycles. The Balaban J connectivity index is 2.05. The highest BCUT2D eigenvalue weighted by Crippen LogP contribution is 2.22. The Kier molecular flexibility index (Phi) is 4.19. The van der Waals surface area contributed by atoms with Crippen LogP contribution in [0.2, 0.25) is 0 Å². The maximum absolute atomic E-state index is 11.1. The van der Waals surface area contributed by atoms with E-state index < -0.39 is 11.5 Å². The summed E-state index contributed by atoms with van der Waals surface area (Å²) in [5, 5.41) is 9.12. The van der Waals surface area contributed by atoms with E-state index in [1.807, 2.05) is 24.3 Å². The van der Waals surface area contributed by atoms with Crippen molar-refractivity contribution in [1.82, 2.24) is 4.90 Å². The molecule has 1 aliphatic heterocycles. The SMILES string of the molecule is COCc1ccccc1CN1CCC(N)(C(=O)O)C1. The van der Waals surface area contributed by atoms with Gasteiger partial charge < -0.3 is 15.6 Å². The van der Waals surface area contributed by atoms with Crippen molar-refractivity contribution in [3.05, 3.63) is 35.4 Å². The van der Waals surface area contributed by atoms with Gasteiger partial charge in [-0.1, -0.05) is 24.3 Å². The number of carbonyl (C=O) groups is 1. The molecular weight excluding hydrogens is 244 g/mol. The lowest BCUT2D eigenvalue weighted by Crippen LogP contribution is -2.50. The molecule has 1 aromatic carbocycles. The number of rotatable bonds is 5. The molecule has 0 amide bonds. The minimum atomic E-state index is -1.10. The minimum absolute atomic E-state index is 0.393. The van der Waals surface area contributed by atoms with E-state index in [2.05, 4.69) is 4.90 Å². The van der Waals surface area contributed by atoms with Crippen LogP contribution in [0.1, 0.15) is 17.5 Å². The summed E-state index contributed by atoms with van der Waals surface area (Å²) in [4.78, 5) is 13.2. The fraction of sp³-hybridized carbons (Fsp3) is 0.500. The molecule has 3 N–H and O–H groups in total. The molecule has 1 aromatic rings. The van der Waals surface area contributed by atoms with Crippen molar-refractivity contribution in [2.45, 2.75) is 25.1 Å². The zero-order valence-electron chi connectivity index (χ0n) is 11.1. The Morgan fingerprint density at radius 1 is 1.47 bits per heavy atom. The van der Waals surface area contributed by atoms with Crippen LogP contribution in [0.3, 0.4) is 0 Å². The van der Waals surface area contributed by atoms with Crippen LogP contribution < -0.4 is 5.73 Å². The summed E-state index contributed by atoms with van der Waals surface area (Å²) in [7, 11) is 1.67. The van der Waals surface area contributed by atoms with Gasteiger partial charge in [-0.15, -0.1) is 0 Å². The highest BCUT2D eigenvalue weighted by molar-refractivity contribution is 5.79. The molecule has 1 fully saturated rings. The molecule has 1 heterocycles. The van der Waals surface area contributed by atoms with Gasteiger partial charge in [-0.25, -0.2) is 0 Å². The number of hydrogen-bond acceptors (Lipinski definition) is 4. The highest BCUT2D eigenvalue weighted by Gasteiger charge is 2.41. The number of nitrogens with two attached hydrogens (primary N) is 1. The van der Waals surface area contributed by atoms with Crippen LogP contribution in [-0.4, -0.2) is 41.7 Å². The van der Waals surface area contributed by atoms with Crippen LogP contribution in [0.4, 0.5) is 0 Å². The van der Waals surface area contributed by atoms with Gasteiger partial charge in [0, 0.05) is 26.7 Å². The zero-order chi connectivity index (χ0) is 13.9. The molecule has 1 saturated heterocycles. The molecule has 5 nitrogen and oxygen atoms in total. The van der Waals surface area contributed by atoms with E-state index in [4.69, 9.17) is 15.6 Å². The summed E-state index contributed by atoms with van der Waals surface area (Å²) in [6, 6.07) is 8.04. The van der Waals surface area contributed by atoms with Crippen molar-refractivity contribution < 1.29 is 14.6 Å². The first-order chi connectivity index (χ1) is 9.05. The quantitative estimate of drug-likeness (QED) is 0.823. The maximum atomic E-state index is 11.1. The third-order valence-corrected chi connectivity index (χ3v) is 3.62. The number of benzene rings is 1. The molecule has 0 spiro atoms. The Morgan fingerprint density at radius 3 is 2.74 bits per heavy atom. The van der Waals surface area contributed by atoms with Crippen molar-refractivity contribution in [3.8, 4) is 0 Å². The van der Waals surface area contributed by atoms with Gasteiger partial charge in [-0.05, 0) is 17.5 Å². The Hall–Kier alpha value is -1.43. The Labute approximate surface area is 113 Å². The van der Waals surface area contributed by atoms with E-state index in [1.54, 1.807) is 7.11 Å². The number of aliphatic carboxylic acids is 1. The lowest BCUT2D eigenvalue weighted by molar-refractivity contribution is -0.142. The molecule has 0 saturated carbocycles. The van der Waals surface area contributed by atoms with Gasteiger partial charge in [0.1, 0.15) is 5.54 Å². The van der Waals surface area contributed by atoms with Crippen molar-refractivity contribution in [2.75, 3.05) is 20.2 Å². The fourth-order valence-electron chi connectivity index (χ4n) is 2.47. The summed E-state index contributed by atoms with van der Waals surface area (Å²) in [5.41, 5.74) is 7.08. The Morgan fingerprint density at radius 2 is 2.16 bits per heavy atom.